The van der Waals surface area contributed by atoms with Gasteiger partial charge in [-0.3, -0.25) is 9.59 Å². The van der Waals surface area contributed by atoms with Crippen molar-refractivity contribution in [2.75, 3.05) is 0 Å². The lowest BCUT2D eigenvalue weighted by molar-refractivity contribution is 0.111. The van der Waals surface area contributed by atoms with Crippen LogP contribution in [0.3, 0.4) is 0 Å². The van der Waals surface area contributed by atoms with E-state index in [-0.39, 0.29) is 10.7 Å². The summed E-state index contributed by atoms with van der Waals surface area (Å²) in [6.07, 6.45) is 0.378. The zero-order valence-electron chi connectivity index (χ0n) is 9.35. The maximum atomic E-state index is 13.1. The van der Waals surface area contributed by atoms with Crippen LogP contribution in [0.4, 0.5) is 4.39 Å². The van der Waals surface area contributed by atoms with E-state index >= 15 is 0 Å². The second-order valence-electron chi connectivity index (χ2n) is 3.66. The molecular weight excluding hydrogens is 259 g/mol. The Morgan fingerprint density at radius 2 is 2.11 bits per heavy atom. The highest BCUT2D eigenvalue weighted by atomic mass is 35.5. The van der Waals surface area contributed by atoms with Gasteiger partial charge in [-0.15, -0.1) is 0 Å². The van der Waals surface area contributed by atoms with Crippen LogP contribution in [0.1, 0.15) is 16.2 Å². The Balaban J connectivity index is 2.66. The normalized spacial score (nSPS) is 10.4. The molecule has 0 aliphatic rings. The molecule has 0 spiro atoms. The summed E-state index contributed by atoms with van der Waals surface area (Å²) in [4.78, 5) is 22.1. The van der Waals surface area contributed by atoms with Crippen molar-refractivity contribution in [3.63, 3.8) is 0 Å². The summed E-state index contributed by atoms with van der Waals surface area (Å²) in [7, 11) is 0. The van der Waals surface area contributed by atoms with Crippen LogP contribution in [0, 0.1) is 12.7 Å². The van der Waals surface area contributed by atoms with Crippen molar-refractivity contribution in [3.05, 3.63) is 56.7 Å². The molecule has 0 aliphatic heterocycles. The highest BCUT2D eigenvalue weighted by Crippen LogP contribution is 2.18. The molecule has 0 saturated carbocycles. The van der Waals surface area contributed by atoms with Crippen molar-refractivity contribution in [2.45, 2.75) is 6.92 Å². The predicted molar refractivity (Wildman–Crippen MR) is 64.9 cm³/mol. The van der Waals surface area contributed by atoms with E-state index in [0.29, 0.717) is 17.7 Å². The first-order chi connectivity index (χ1) is 8.52. The van der Waals surface area contributed by atoms with E-state index in [0.717, 1.165) is 0 Å². The standard InChI is InChI=1S/C12H8ClFN2O2/c1-7-4-12(18)11(6-17)15-16(7)8-2-3-10(14)9(13)5-8/h2-6H,1H3. The third-order valence-corrected chi connectivity index (χ3v) is 2.68. The Hall–Kier alpha value is -2.01. The van der Waals surface area contributed by atoms with Gasteiger partial charge in [0.2, 0.25) is 5.43 Å². The van der Waals surface area contributed by atoms with Gasteiger partial charge in [0.05, 0.1) is 10.7 Å². The van der Waals surface area contributed by atoms with Gasteiger partial charge in [-0.25, -0.2) is 9.07 Å². The van der Waals surface area contributed by atoms with Crippen LogP contribution in [0.2, 0.25) is 5.02 Å². The number of benzene rings is 1. The minimum Gasteiger partial charge on any atom is -0.296 e. The molecule has 0 unspecified atom stereocenters. The molecule has 1 heterocycles. The summed E-state index contributed by atoms with van der Waals surface area (Å²) in [6, 6.07) is 5.31. The number of nitrogens with zero attached hydrogens (tertiary/aromatic N) is 2. The lowest BCUT2D eigenvalue weighted by Gasteiger charge is -2.10. The Morgan fingerprint density at radius 1 is 1.39 bits per heavy atom. The second kappa shape index (κ2) is 4.70. The van der Waals surface area contributed by atoms with Crippen LogP contribution in [0.25, 0.3) is 5.69 Å². The van der Waals surface area contributed by atoms with Crippen LogP contribution >= 0.6 is 11.6 Å². The van der Waals surface area contributed by atoms with Gasteiger partial charge in [-0.05, 0) is 25.1 Å². The highest BCUT2D eigenvalue weighted by molar-refractivity contribution is 6.30. The molecule has 0 N–H and O–H groups in total. The van der Waals surface area contributed by atoms with Crippen LogP contribution < -0.4 is 5.43 Å². The SMILES string of the molecule is Cc1cc(=O)c(C=O)nn1-c1ccc(F)c(Cl)c1. The molecule has 2 aromatic rings. The zero-order valence-corrected chi connectivity index (χ0v) is 10.1. The minimum atomic E-state index is -0.547. The maximum Gasteiger partial charge on any atom is 0.211 e. The van der Waals surface area contributed by atoms with Crippen molar-refractivity contribution in [2.24, 2.45) is 0 Å². The fourth-order valence-electron chi connectivity index (χ4n) is 1.52. The van der Waals surface area contributed by atoms with Gasteiger partial charge in [0.1, 0.15) is 5.82 Å². The Kier molecular flexibility index (Phi) is 3.25. The van der Waals surface area contributed by atoms with Gasteiger partial charge in [-0.1, -0.05) is 11.6 Å². The van der Waals surface area contributed by atoms with Crippen LogP contribution in [-0.4, -0.2) is 16.1 Å². The predicted octanol–water partition coefficient (Wildman–Crippen LogP) is 2.15. The molecule has 92 valence electrons. The molecule has 0 saturated heterocycles. The Labute approximate surface area is 107 Å². The summed E-state index contributed by atoms with van der Waals surface area (Å²) in [5, 5.41) is 3.83. The number of rotatable bonds is 2. The first-order valence-electron chi connectivity index (χ1n) is 5.04. The summed E-state index contributed by atoms with van der Waals surface area (Å²) in [5.41, 5.74) is 0.336. The summed E-state index contributed by atoms with van der Waals surface area (Å²) >= 11 is 5.67. The molecule has 1 aromatic heterocycles. The van der Waals surface area contributed by atoms with Crippen LogP contribution in [0.5, 0.6) is 0 Å². The van der Waals surface area contributed by atoms with E-state index in [1.54, 1.807) is 6.92 Å². The third-order valence-electron chi connectivity index (χ3n) is 2.39. The number of carbonyl (C=O) groups excluding carboxylic acids is 1. The fraction of sp³-hybridized carbons (Fsp3) is 0.0833. The molecule has 1 aromatic carbocycles. The Bertz CT molecular complexity index is 682. The van der Waals surface area contributed by atoms with Gasteiger partial charge in [-0.2, -0.15) is 5.10 Å². The van der Waals surface area contributed by atoms with Gasteiger partial charge < -0.3 is 0 Å². The topological polar surface area (TPSA) is 52.0 Å². The van der Waals surface area contributed by atoms with E-state index in [9.17, 15) is 14.0 Å². The van der Waals surface area contributed by atoms with Crippen molar-refractivity contribution >= 4 is 17.9 Å². The number of halogens is 2. The van der Waals surface area contributed by atoms with Crippen molar-refractivity contribution in [1.82, 2.24) is 9.78 Å². The summed E-state index contributed by atoms with van der Waals surface area (Å²) in [6.45, 7) is 1.65. The monoisotopic (exact) mass is 266 g/mol. The first kappa shape index (κ1) is 12.4. The fourth-order valence-corrected chi connectivity index (χ4v) is 1.70. The number of aryl methyl sites for hydroxylation is 1. The quantitative estimate of drug-likeness (QED) is 0.783. The molecule has 0 atom stereocenters. The van der Waals surface area contributed by atoms with Crippen LogP contribution in [-0.2, 0) is 0 Å². The average Bonchev–Trinajstić information content (AvgIpc) is 2.33. The molecule has 0 bridgehead atoms. The molecular formula is C12H8ClFN2O2. The number of aromatic nitrogens is 2. The second-order valence-corrected chi connectivity index (χ2v) is 4.07. The molecule has 2 rings (SSSR count). The van der Waals surface area contributed by atoms with Gasteiger partial charge >= 0.3 is 0 Å². The molecule has 0 aliphatic carbocycles. The van der Waals surface area contributed by atoms with Crippen molar-refractivity contribution in [1.29, 1.82) is 0 Å². The lowest BCUT2D eigenvalue weighted by atomic mass is 10.3. The number of aldehydes is 1. The van der Waals surface area contributed by atoms with Gasteiger partial charge in [0, 0.05) is 11.8 Å². The maximum absolute atomic E-state index is 13.1. The van der Waals surface area contributed by atoms with Crippen LogP contribution in [0.15, 0.2) is 29.1 Å². The molecule has 18 heavy (non-hydrogen) atoms. The molecule has 4 nitrogen and oxygen atoms in total. The largest absolute Gasteiger partial charge is 0.296 e. The van der Waals surface area contributed by atoms with Crippen molar-refractivity contribution in [3.8, 4) is 5.69 Å². The van der Waals surface area contributed by atoms with Crippen molar-refractivity contribution < 1.29 is 9.18 Å². The van der Waals surface area contributed by atoms with E-state index in [1.165, 1.54) is 28.9 Å². The lowest BCUT2D eigenvalue weighted by Crippen LogP contribution is -2.18. The first-order valence-corrected chi connectivity index (χ1v) is 5.42. The molecule has 0 fully saturated rings. The number of hydrogen-bond donors (Lipinski definition) is 0. The Morgan fingerprint density at radius 3 is 2.72 bits per heavy atom. The molecule has 0 amide bonds. The summed E-state index contributed by atoms with van der Waals surface area (Å²) in [5.74, 6) is -0.547. The van der Waals surface area contributed by atoms with E-state index in [4.69, 9.17) is 11.6 Å². The minimum absolute atomic E-state index is 0.0555. The zero-order chi connectivity index (χ0) is 13.3. The number of carbonyl (C=O) groups is 1. The smallest absolute Gasteiger partial charge is 0.211 e. The van der Waals surface area contributed by atoms with E-state index in [1.807, 2.05) is 0 Å². The molecule has 0 radical (unpaired) electrons. The average molecular weight is 267 g/mol. The highest BCUT2D eigenvalue weighted by Gasteiger charge is 2.08. The van der Waals surface area contributed by atoms with Gasteiger partial charge in [0.15, 0.2) is 12.0 Å². The molecule has 6 heteroatoms. The van der Waals surface area contributed by atoms with E-state index in [2.05, 4.69) is 5.10 Å². The van der Waals surface area contributed by atoms with E-state index < -0.39 is 11.2 Å². The third kappa shape index (κ3) is 2.17. The van der Waals surface area contributed by atoms with Gasteiger partial charge in [0.25, 0.3) is 0 Å². The number of hydrogen-bond acceptors (Lipinski definition) is 3. The summed E-state index contributed by atoms with van der Waals surface area (Å²) < 4.78 is 14.4.